The molecule has 4 aliphatic rings. The number of ether oxygens (including phenoxy) is 2. The van der Waals surface area contributed by atoms with Gasteiger partial charge in [-0.1, -0.05) is 6.92 Å². The van der Waals surface area contributed by atoms with E-state index in [0.29, 0.717) is 29.7 Å². The molecule has 0 saturated heterocycles. The van der Waals surface area contributed by atoms with Crippen LogP contribution < -0.4 is 5.73 Å². The van der Waals surface area contributed by atoms with E-state index in [1.54, 1.807) is 0 Å². The van der Waals surface area contributed by atoms with Gasteiger partial charge in [-0.2, -0.15) is 0 Å². The summed E-state index contributed by atoms with van der Waals surface area (Å²) in [5.74, 6) is 2.36. The van der Waals surface area contributed by atoms with Crippen LogP contribution in [0.5, 0.6) is 0 Å². The van der Waals surface area contributed by atoms with E-state index >= 15 is 0 Å². The summed E-state index contributed by atoms with van der Waals surface area (Å²) in [6, 6.07) is 0. The molecular formula is C23H37NO4. The van der Waals surface area contributed by atoms with Gasteiger partial charge in [0.2, 0.25) is 0 Å². The second-order valence-corrected chi connectivity index (χ2v) is 10.3. The maximum Gasteiger partial charge on any atom is 0.302 e. The van der Waals surface area contributed by atoms with E-state index in [9.17, 15) is 9.59 Å². The van der Waals surface area contributed by atoms with Crippen LogP contribution in [0.25, 0.3) is 0 Å². The van der Waals surface area contributed by atoms with Crippen molar-refractivity contribution in [2.24, 2.45) is 40.2 Å². The molecule has 0 amide bonds. The molecule has 4 fully saturated rings. The van der Waals surface area contributed by atoms with Crippen molar-refractivity contribution in [3.05, 3.63) is 0 Å². The normalized spacial score (nSPS) is 47.4. The standard InChI is InChI=1S/C23H37NO4/c1-14(25)27-17-8-10-22(3)16(12-17)4-5-18-19(22)9-11-23(13-24)20(18)6-7-21(23)28-15(2)26/h16-21H,4-13,24H2,1-3H3/t16-,17+,18+,19-,20-,21?,22-,23+/m0/s1. The Hall–Kier alpha value is -1.10. The van der Waals surface area contributed by atoms with Gasteiger partial charge in [0.15, 0.2) is 0 Å². The average Bonchev–Trinajstić information content (AvgIpc) is 3.00. The highest BCUT2D eigenvalue weighted by Gasteiger charge is 2.62. The van der Waals surface area contributed by atoms with Crippen molar-refractivity contribution in [1.82, 2.24) is 0 Å². The third-order valence-corrected chi connectivity index (χ3v) is 9.28. The molecule has 5 nitrogen and oxygen atoms in total. The van der Waals surface area contributed by atoms with Gasteiger partial charge in [0.25, 0.3) is 0 Å². The molecular weight excluding hydrogens is 354 g/mol. The van der Waals surface area contributed by atoms with Crippen LogP contribution in [0.4, 0.5) is 0 Å². The van der Waals surface area contributed by atoms with Crippen molar-refractivity contribution in [2.45, 2.75) is 90.8 Å². The predicted octanol–water partition coefficient (Wildman–Crippen LogP) is 3.83. The Labute approximate surface area is 169 Å². The Bertz CT molecular complexity index is 636. The molecule has 0 radical (unpaired) electrons. The zero-order valence-corrected chi connectivity index (χ0v) is 17.7. The fraction of sp³-hybridized carbons (Fsp3) is 0.913. The third-order valence-electron chi connectivity index (χ3n) is 9.28. The highest BCUT2D eigenvalue weighted by molar-refractivity contribution is 5.66. The fourth-order valence-electron chi connectivity index (χ4n) is 8.08. The van der Waals surface area contributed by atoms with Gasteiger partial charge in [-0.15, -0.1) is 0 Å². The summed E-state index contributed by atoms with van der Waals surface area (Å²) in [7, 11) is 0. The number of fused-ring (bicyclic) bond motifs is 5. The fourth-order valence-corrected chi connectivity index (χ4v) is 8.08. The van der Waals surface area contributed by atoms with E-state index in [-0.39, 0.29) is 29.6 Å². The first-order valence-electron chi connectivity index (χ1n) is 11.3. The number of nitrogens with two attached hydrogens (primary N) is 1. The predicted molar refractivity (Wildman–Crippen MR) is 106 cm³/mol. The van der Waals surface area contributed by atoms with Crippen LogP contribution in [0.3, 0.4) is 0 Å². The summed E-state index contributed by atoms with van der Waals surface area (Å²) < 4.78 is 11.3. The van der Waals surface area contributed by atoms with Crippen LogP contribution in [-0.2, 0) is 19.1 Å². The molecule has 28 heavy (non-hydrogen) atoms. The molecule has 5 heteroatoms. The van der Waals surface area contributed by atoms with Crippen molar-refractivity contribution in [3.8, 4) is 0 Å². The summed E-state index contributed by atoms with van der Waals surface area (Å²) >= 11 is 0. The molecule has 1 unspecified atom stereocenters. The molecule has 158 valence electrons. The minimum atomic E-state index is -0.167. The first-order valence-corrected chi connectivity index (χ1v) is 11.3. The van der Waals surface area contributed by atoms with E-state index in [1.165, 1.54) is 33.1 Å². The highest BCUT2D eigenvalue weighted by atomic mass is 16.5. The van der Waals surface area contributed by atoms with Crippen LogP contribution in [0.1, 0.15) is 78.6 Å². The van der Waals surface area contributed by atoms with Gasteiger partial charge < -0.3 is 15.2 Å². The van der Waals surface area contributed by atoms with Crippen molar-refractivity contribution in [1.29, 1.82) is 0 Å². The van der Waals surface area contributed by atoms with Crippen LogP contribution in [0.15, 0.2) is 0 Å². The smallest absolute Gasteiger partial charge is 0.302 e. The van der Waals surface area contributed by atoms with Crippen molar-refractivity contribution in [3.63, 3.8) is 0 Å². The van der Waals surface area contributed by atoms with E-state index in [0.717, 1.165) is 44.4 Å². The molecule has 0 aromatic carbocycles. The molecule has 0 aromatic heterocycles. The number of rotatable bonds is 3. The van der Waals surface area contributed by atoms with E-state index < -0.39 is 0 Å². The largest absolute Gasteiger partial charge is 0.463 e. The Morgan fingerprint density at radius 2 is 1.68 bits per heavy atom. The number of carbonyl (C=O) groups excluding carboxylic acids is 2. The molecule has 0 aliphatic heterocycles. The van der Waals surface area contributed by atoms with Gasteiger partial charge >= 0.3 is 11.9 Å². The maximum absolute atomic E-state index is 11.7. The summed E-state index contributed by atoms with van der Waals surface area (Å²) in [4.78, 5) is 23.1. The van der Waals surface area contributed by atoms with Crippen LogP contribution in [0, 0.1) is 34.5 Å². The summed E-state index contributed by atoms with van der Waals surface area (Å²) in [5.41, 5.74) is 6.69. The third kappa shape index (κ3) is 3.09. The van der Waals surface area contributed by atoms with Gasteiger partial charge in [0.05, 0.1) is 0 Å². The molecule has 0 aromatic rings. The maximum atomic E-state index is 11.7. The molecule has 8 atom stereocenters. The van der Waals surface area contributed by atoms with Crippen LogP contribution >= 0.6 is 0 Å². The SMILES string of the molecule is CC(=O)OC1CC[C@H]2[C@@H]3CC[C@H]4C[C@H](OC(C)=O)CC[C@]4(C)[C@H]3CC[C@]12CN. The van der Waals surface area contributed by atoms with Gasteiger partial charge in [0, 0.05) is 25.8 Å². The van der Waals surface area contributed by atoms with E-state index in [2.05, 4.69) is 6.92 Å². The highest BCUT2D eigenvalue weighted by Crippen LogP contribution is 2.66. The number of hydrogen-bond acceptors (Lipinski definition) is 5. The molecule has 4 aliphatic carbocycles. The minimum absolute atomic E-state index is 0.00572. The number of hydrogen-bond donors (Lipinski definition) is 1. The second-order valence-electron chi connectivity index (χ2n) is 10.3. The molecule has 4 saturated carbocycles. The average molecular weight is 392 g/mol. The Balaban J connectivity index is 1.53. The lowest BCUT2D eigenvalue weighted by Crippen LogP contribution is -2.57. The Kier molecular flexibility index (Phi) is 5.26. The van der Waals surface area contributed by atoms with Gasteiger partial charge in [-0.25, -0.2) is 0 Å². The number of esters is 2. The minimum Gasteiger partial charge on any atom is -0.463 e. The molecule has 4 rings (SSSR count). The summed E-state index contributed by atoms with van der Waals surface area (Å²) in [5, 5.41) is 0. The van der Waals surface area contributed by atoms with Crippen molar-refractivity contribution >= 4 is 11.9 Å². The van der Waals surface area contributed by atoms with Crippen LogP contribution in [-0.4, -0.2) is 30.7 Å². The van der Waals surface area contributed by atoms with Gasteiger partial charge in [-0.05, 0) is 86.9 Å². The first-order chi connectivity index (χ1) is 13.3. The zero-order chi connectivity index (χ0) is 20.1. The summed E-state index contributed by atoms with van der Waals surface area (Å²) in [6.45, 7) is 6.19. The quantitative estimate of drug-likeness (QED) is 0.740. The van der Waals surface area contributed by atoms with Crippen LogP contribution in [0.2, 0.25) is 0 Å². The van der Waals surface area contributed by atoms with E-state index in [4.69, 9.17) is 15.2 Å². The Morgan fingerprint density at radius 1 is 0.929 bits per heavy atom. The first kappa shape index (κ1) is 20.2. The van der Waals surface area contributed by atoms with Crippen molar-refractivity contribution in [2.75, 3.05) is 6.54 Å². The lowest BCUT2D eigenvalue weighted by atomic mass is 9.45. The van der Waals surface area contributed by atoms with Gasteiger partial charge in [0.1, 0.15) is 12.2 Å². The lowest BCUT2D eigenvalue weighted by molar-refractivity contribution is -0.168. The van der Waals surface area contributed by atoms with Gasteiger partial charge in [-0.3, -0.25) is 9.59 Å². The summed E-state index contributed by atoms with van der Waals surface area (Å²) in [6.07, 6.45) is 10.2. The molecule has 2 N–H and O–H groups in total. The Morgan fingerprint density at radius 3 is 2.36 bits per heavy atom. The molecule has 0 spiro atoms. The molecule has 0 heterocycles. The van der Waals surface area contributed by atoms with Crippen molar-refractivity contribution < 1.29 is 19.1 Å². The molecule has 0 bridgehead atoms. The van der Waals surface area contributed by atoms with E-state index in [1.807, 2.05) is 0 Å². The monoisotopic (exact) mass is 391 g/mol. The topological polar surface area (TPSA) is 78.6 Å². The number of carbonyl (C=O) groups is 2. The zero-order valence-electron chi connectivity index (χ0n) is 17.7. The lowest BCUT2D eigenvalue weighted by Gasteiger charge is -2.61. The second kappa shape index (κ2) is 7.30.